The quantitative estimate of drug-likeness (QED) is 0.784. The molecular weight excluding hydrogens is 224 g/mol. The Balaban J connectivity index is 1.75. The second kappa shape index (κ2) is 6.36. The Kier molecular flexibility index (Phi) is 5.05. The molecule has 0 aromatic rings. The number of hydrogen-bond donors (Lipinski definition) is 2. The third-order valence-corrected chi connectivity index (χ3v) is 4.94. The zero-order valence-corrected chi connectivity index (χ0v) is 12.2. The summed E-state index contributed by atoms with van der Waals surface area (Å²) in [6, 6.07) is 0.704. The Morgan fingerprint density at radius 3 is 2.50 bits per heavy atom. The summed E-state index contributed by atoms with van der Waals surface area (Å²) in [5.74, 6) is 2.42. The molecule has 2 aliphatic rings. The van der Waals surface area contributed by atoms with Crippen LogP contribution in [-0.4, -0.2) is 49.3 Å². The molecule has 0 aliphatic heterocycles. The third kappa shape index (κ3) is 3.69. The van der Waals surface area contributed by atoms with Gasteiger partial charge < -0.3 is 15.3 Å². The first-order chi connectivity index (χ1) is 8.58. The van der Waals surface area contributed by atoms with E-state index in [0.29, 0.717) is 6.04 Å². The highest BCUT2D eigenvalue weighted by molar-refractivity contribution is 4.86. The van der Waals surface area contributed by atoms with Crippen LogP contribution in [0, 0.1) is 17.8 Å². The van der Waals surface area contributed by atoms with Crippen molar-refractivity contribution in [3.8, 4) is 0 Å². The zero-order chi connectivity index (χ0) is 13.1. The van der Waals surface area contributed by atoms with Gasteiger partial charge in [0.25, 0.3) is 0 Å². The summed E-state index contributed by atoms with van der Waals surface area (Å²) in [7, 11) is 4.35. The molecule has 0 amide bonds. The van der Waals surface area contributed by atoms with Crippen LogP contribution in [0.4, 0.5) is 0 Å². The third-order valence-electron chi connectivity index (χ3n) is 4.94. The van der Waals surface area contributed by atoms with Crippen LogP contribution in [-0.2, 0) is 0 Å². The molecule has 2 saturated carbocycles. The van der Waals surface area contributed by atoms with E-state index in [1.165, 1.54) is 32.4 Å². The topological polar surface area (TPSA) is 35.5 Å². The van der Waals surface area contributed by atoms with E-state index in [-0.39, 0.29) is 6.10 Å². The van der Waals surface area contributed by atoms with Crippen molar-refractivity contribution < 1.29 is 5.11 Å². The summed E-state index contributed by atoms with van der Waals surface area (Å²) < 4.78 is 0. The zero-order valence-electron chi connectivity index (χ0n) is 12.2. The molecule has 0 bridgehead atoms. The minimum atomic E-state index is -0.0110. The van der Waals surface area contributed by atoms with Gasteiger partial charge in [-0.05, 0) is 64.0 Å². The molecule has 0 aromatic carbocycles. The SMILES string of the molecule is CNC1CCC(C)CC1CN(C)CC1CC(O)C1. The number of nitrogens with zero attached hydrogens (tertiary/aromatic N) is 1. The molecule has 3 heteroatoms. The molecule has 3 atom stereocenters. The van der Waals surface area contributed by atoms with Crippen molar-refractivity contribution in [3.05, 3.63) is 0 Å². The molecule has 106 valence electrons. The standard InChI is InChI=1S/C15H30N2O/c1-11-4-5-15(16-2)13(6-11)10-17(3)9-12-7-14(18)8-12/h11-16,18H,4-10H2,1-3H3. The van der Waals surface area contributed by atoms with Crippen LogP contribution < -0.4 is 5.32 Å². The highest BCUT2D eigenvalue weighted by Gasteiger charge is 2.31. The summed E-state index contributed by atoms with van der Waals surface area (Å²) in [4.78, 5) is 2.49. The Morgan fingerprint density at radius 1 is 1.17 bits per heavy atom. The van der Waals surface area contributed by atoms with E-state index in [9.17, 15) is 5.11 Å². The Bertz CT molecular complexity index is 253. The lowest BCUT2D eigenvalue weighted by Crippen LogP contribution is -2.45. The summed E-state index contributed by atoms with van der Waals surface area (Å²) >= 11 is 0. The minimum Gasteiger partial charge on any atom is -0.393 e. The molecule has 3 nitrogen and oxygen atoms in total. The van der Waals surface area contributed by atoms with Crippen LogP contribution in [0.2, 0.25) is 0 Å². The Hall–Kier alpha value is -0.120. The van der Waals surface area contributed by atoms with E-state index >= 15 is 0 Å². The average Bonchev–Trinajstić information content (AvgIpc) is 2.27. The number of aliphatic hydroxyl groups is 1. The smallest absolute Gasteiger partial charge is 0.0546 e. The largest absolute Gasteiger partial charge is 0.393 e. The lowest BCUT2D eigenvalue weighted by Gasteiger charge is -2.39. The molecule has 2 N–H and O–H groups in total. The molecule has 18 heavy (non-hydrogen) atoms. The maximum Gasteiger partial charge on any atom is 0.0546 e. The predicted molar refractivity (Wildman–Crippen MR) is 75.6 cm³/mol. The Morgan fingerprint density at radius 2 is 1.89 bits per heavy atom. The number of aliphatic hydroxyl groups excluding tert-OH is 1. The molecule has 2 aliphatic carbocycles. The molecule has 0 radical (unpaired) electrons. The monoisotopic (exact) mass is 254 g/mol. The van der Waals surface area contributed by atoms with Gasteiger partial charge in [0.05, 0.1) is 6.10 Å². The van der Waals surface area contributed by atoms with Gasteiger partial charge >= 0.3 is 0 Å². The lowest BCUT2D eigenvalue weighted by atomic mass is 9.78. The Labute approximate surface area is 112 Å². The maximum atomic E-state index is 9.34. The highest BCUT2D eigenvalue weighted by Crippen LogP contribution is 2.31. The average molecular weight is 254 g/mol. The van der Waals surface area contributed by atoms with Crippen LogP contribution in [0.3, 0.4) is 0 Å². The summed E-state index contributed by atoms with van der Waals surface area (Å²) in [6.45, 7) is 4.77. The van der Waals surface area contributed by atoms with Gasteiger partial charge in [0, 0.05) is 19.1 Å². The second-order valence-electron chi connectivity index (χ2n) is 6.79. The van der Waals surface area contributed by atoms with Crippen LogP contribution in [0.5, 0.6) is 0 Å². The maximum absolute atomic E-state index is 9.34. The highest BCUT2D eigenvalue weighted by atomic mass is 16.3. The fraction of sp³-hybridized carbons (Fsp3) is 1.00. The molecule has 2 fully saturated rings. The van der Waals surface area contributed by atoms with E-state index in [1.54, 1.807) is 0 Å². The van der Waals surface area contributed by atoms with Gasteiger partial charge in [-0.3, -0.25) is 0 Å². The van der Waals surface area contributed by atoms with Crippen molar-refractivity contribution in [2.45, 2.75) is 51.2 Å². The van der Waals surface area contributed by atoms with E-state index < -0.39 is 0 Å². The molecule has 0 heterocycles. The van der Waals surface area contributed by atoms with Gasteiger partial charge in [-0.15, -0.1) is 0 Å². The molecule has 2 rings (SSSR count). The fourth-order valence-electron chi connectivity index (χ4n) is 3.85. The van der Waals surface area contributed by atoms with Crippen LogP contribution in [0.15, 0.2) is 0 Å². The van der Waals surface area contributed by atoms with Gasteiger partial charge in [0.15, 0.2) is 0 Å². The summed E-state index contributed by atoms with van der Waals surface area (Å²) in [5.41, 5.74) is 0. The van der Waals surface area contributed by atoms with Gasteiger partial charge in [0.2, 0.25) is 0 Å². The molecule has 0 aromatic heterocycles. The molecule has 3 unspecified atom stereocenters. The first kappa shape index (κ1) is 14.3. The van der Waals surface area contributed by atoms with Crippen molar-refractivity contribution in [1.82, 2.24) is 10.2 Å². The number of hydrogen-bond acceptors (Lipinski definition) is 3. The fourth-order valence-corrected chi connectivity index (χ4v) is 3.85. The first-order valence-corrected chi connectivity index (χ1v) is 7.62. The van der Waals surface area contributed by atoms with Crippen molar-refractivity contribution in [2.24, 2.45) is 17.8 Å². The van der Waals surface area contributed by atoms with Crippen LogP contribution in [0.25, 0.3) is 0 Å². The summed E-state index contributed by atoms with van der Waals surface area (Å²) in [6.07, 6.45) is 6.09. The number of nitrogens with one attached hydrogen (secondary N) is 1. The lowest BCUT2D eigenvalue weighted by molar-refractivity contribution is 0.0238. The van der Waals surface area contributed by atoms with Crippen molar-refractivity contribution >= 4 is 0 Å². The van der Waals surface area contributed by atoms with Crippen LogP contribution in [0.1, 0.15) is 39.0 Å². The van der Waals surface area contributed by atoms with E-state index in [1.807, 2.05) is 0 Å². The van der Waals surface area contributed by atoms with Crippen LogP contribution >= 0.6 is 0 Å². The normalized spacial score (nSPS) is 40.8. The first-order valence-electron chi connectivity index (χ1n) is 7.62. The van der Waals surface area contributed by atoms with E-state index in [4.69, 9.17) is 0 Å². The van der Waals surface area contributed by atoms with Gasteiger partial charge in [-0.1, -0.05) is 6.92 Å². The van der Waals surface area contributed by atoms with E-state index in [0.717, 1.165) is 30.6 Å². The van der Waals surface area contributed by atoms with Gasteiger partial charge in [-0.2, -0.15) is 0 Å². The number of rotatable bonds is 5. The van der Waals surface area contributed by atoms with Gasteiger partial charge in [-0.25, -0.2) is 0 Å². The predicted octanol–water partition coefficient (Wildman–Crippen LogP) is 1.71. The van der Waals surface area contributed by atoms with E-state index in [2.05, 4.69) is 31.2 Å². The second-order valence-corrected chi connectivity index (χ2v) is 6.79. The summed E-state index contributed by atoms with van der Waals surface area (Å²) in [5, 5.41) is 12.8. The van der Waals surface area contributed by atoms with Crippen molar-refractivity contribution in [3.63, 3.8) is 0 Å². The minimum absolute atomic E-state index is 0.0110. The molecule has 0 saturated heterocycles. The van der Waals surface area contributed by atoms with Crippen molar-refractivity contribution in [1.29, 1.82) is 0 Å². The molecule has 0 spiro atoms. The van der Waals surface area contributed by atoms with Crippen molar-refractivity contribution in [2.75, 3.05) is 27.2 Å². The molecular formula is C15H30N2O. The van der Waals surface area contributed by atoms with Gasteiger partial charge in [0.1, 0.15) is 0 Å².